The van der Waals surface area contributed by atoms with Gasteiger partial charge in [-0.15, -0.1) is 0 Å². The molecule has 0 saturated carbocycles. The molecule has 4 N–H and O–H groups in total. The molecule has 0 aliphatic rings. The molecule has 0 bridgehead atoms. The summed E-state index contributed by atoms with van der Waals surface area (Å²) in [5.74, 6) is -0.120. The summed E-state index contributed by atoms with van der Waals surface area (Å²) in [7, 11) is 3.27. The van der Waals surface area contributed by atoms with Gasteiger partial charge in [0.1, 0.15) is 0 Å². The zero-order valence-corrected chi connectivity index (χ0v) is 10.2. The Balaban J connectivity index is 2.66. The van der Waals surface area contributed by atoms with Crippen LogP contribution in [0.3, 0.4) is 0 Å². The fourth-order valence-corrected chi connectivity index (χ4v) is 1.43. The number of nitrogens with two attached hydrogens (primary N) is 1. The van der Waals surface area contributed by atoms with Crippen LogP contribution in [0, 0.1) is 0 Å². The number of hydrogen-bond donors (Lipinski definition) is 3. The lowest BCUT2D eigenvalue weighted by atomic mass is 10.1. The topological polar surface area (TPSA) is 76.4 Å². The van der Waals surface area contributed by atoms with Crippen LogP contribution < -0.4 is 16.4 Å². The minimum absolute atomic E-state index is 0.120. The monoisotopic (exact) mass is 237 g/mol. The van der Waals surface area contributed by atoms with Crippen LogP contribution in [0.5, 0.6) is 0 Å². The molecule has 0 saturated heterocycles. The van der Waals surface area contributed by atoms with Crippen LogP contribution in [-0.4, -0.2) is 33.2 Å². The van der Waals surface area contributed by atoms with Crippen LogP contribution in [0.1, 0.15) is 16.8 Å². The number of carbonyl (C=O) groups is 1. The van der Waals surface area contributed by atoms with Crippen molar-refractivity contribution < 1.29 is 9.53 Å². The van der Waals surface area contributed by atoms with Gasteiger partial charge in [-0.25, -0.2) is 0 Å². The maximum atomic E-state index is 11.5. The molecular formula is C12H19N3O2. The van der Waals surface area contributed by atoms with E-state index in [2.05, 4.69) is 10.6 Å². The Kier molecular flexibility index (Phi) is 5.29. The van der Waals surface area contributed by atoms with Crippen molar-refractivity contribution in [2.75, 3.05) is 38.4 Å². The van der Waals surface area contributed by atoms with Gasteiger partial charge < -0.3 is 21.1 Å². The van der Waals surface area contributed by atoms with Gasteiger partial charge in [0.15, 0.2) is 0 Å². The first-order chi connectivity index (χ1) is 8.19. The molecule has 1 aromatic rings. The number of amides is 1. The molecule has 0 atom stereocenters. The van der Waals surface area contributed by atoms with Gasteiger partial charge in [0.2, 0.25) is 0 Å². The third kappa shape index (κ3) is 3.96. The van der Waals surface area contributed by atoms with E-state index in [9.17, 15) is 4.79 Å². The average Bonchev–Trinajstić information content (AvgIpc) is 2.35. The summed E-state index contributed by atoms with van der Waals surface area (Å²) in [4.78, 5) is 11.5. The molecule has 0 aliphatic heterocycles. The quantitative estimate of drug-likeness (QED) is 0.511. The van der Waals surface area contributed by atoms with Crippen LogP contribution in [0.4, 0.5) is 11.4 Å². The number of carbonyl (C=O) groups excluding carboxylic acids is 1. The van der Waals surface area contributed by atoms with Gasteiger partial charge in [0, 0.05) is 32.9 Å². The van der Waals surface area contributed by atoms with E-state index in [0.29, 0.717) is 17.9 Å². The van der Waals surface area contributed by atoms with Crippen LogP contribution in [0.2, 0.25) is 0 Å². The number of nitrogen functional groups attached to an aromatic ring is 1. The Hall–Kier alpha value is -1.75. The molecule has 0 aromatic heterocycles. The van der Waals surface area contributed by atoms with Gasteiger partial charge in [-0.3, -0.25) is 4.79 Å². The van der Waals surface area contributed by atoms with Crippen LogP contribution in [-0.2, 0) is 4.74 Å². The summed E-state index contributed by atoms with van der Waals surface area (Å²) in [5.41, 5.74) is 7.83. The minimum atomic E-state index is -0.120. The highest BCUT2D eigenvalue weighted by atomic mass is 16.5. The van der Waals surface area contributed by atoms with Crippen molar-refractivity contribution in [3.63, 3.8) is 0 Å². The SMILES string of the molecule is CNC(=O)c1ccc(N)c(NCCCOC)c1. The minimum Gasteiger partial charge on any atom is -0.397 e. The zero-order valence-electron chi connectivity index (χ0n) is 10.2. The second kappa shape index (κ2) is 6.75. The molecule has 0 heterocycles. The van der Waals surface area contributed by atoms with Gasteiger partial charge in [-0.2, -0.15) is 0 Å². The van der Waals surface area contributed by atoms with Crippen molar-refractivity contribution >= 4 is 17.3 Å². The predicted octanol–water partition coefficient (Wildman–Crippen LogP) is 1.08. The van der Waals surface area contributed by atoms with Crippen molar-refractivity contribution in [1.82, 2.24) is 5.32 Å². The standard InChI is InChI=1S/C12H19N3O2/c1-14-12(16)9-4-5-10(13)11(8-9)15-6-3-7-17-2/h4-5,8,15H,3,6-7,13H2,1-2H3,(H,14,16). The zero-order chi connectivity index (χ0) is 12.7. The van der Waals surface area contributed by atoms with Crippen LogP contribution in [0.15, 0.2) is 18.2 Å². The van der Waals surface area contributed by atoms with E-state index in [4.69, 9.17) is 10.5 Å². The summed E-state index contributed by atoms with van der Waals surface area (Å²) in [6.07, 6.45) is 0.889. The normalized spacial score (nSPS) is 10.0. The molecule has 1 rings (SSSR count). The molecule has 1 aromatic carbocycles. The van der Waals surface area contributed by atoms with E-state index in [1.807, 2.05) is 0 Å². The first-order valence-electron chi connectivity index (χ1n) is 5.53. The molecule has 94 valence electrons. The highest BCUT2D eigenvalue weighted by molar-refractivity contribution is 5.96. The smallest absolute Gasteiger partial charge is 0.251 e. The summed E-state index contributed by atoms with van der Waals surface area (Å²) in [6, 6.07) is 5.18. The summed E-state index contributed by atoms with van der Waals surface area (Å²) < 4.78 is 4.95. The largest absolute Gasteiger partial charge is 0.397 e. The van der Waals surface area contributed by atoms with Gasteiger partial charge >= 0.3 is 0 Å². The maximum absolute atomic E-state index is 11.5. The Morgan fingerprint density at radius 1 is 1.47 bits per heavy atom. The van der Waals surface area contributed by atoms with Crippen molar-refractivity contribution in [2.24, 2.45) is 0 Å². The molecule has 1 amide bonds. The van der Waals surface area contributed by atoms with Gasteiger partial charge in [0.05, 0.1) is 11.4 Å². The molecular weight excluding hydrogens is 218 g/mol. The molecule has 17 heavy (non-hydrogen) atoms. The molecule has 0 aliphatic carbocycles. The van der Waals surface area contributed by atoms with Crippen molar-refractivity contribution in [3.8, 4) is 0 Å². The summed E-state index contributed by atoms with van der Waals surface area (Å²) in [6.45, 7) is 1.46. The molecule has 0 unspecified atom stereocenters. The third-order valence-corrected chi connectivity index (χ3v) is 2.38. The number of rotatable bonds is 6. The van der Waals surface area contributed by atoms with E-state index in [0.717, 1.165) is 18.7 Å². The average molecular weight is 237 g/mol. The van der Waals surface area contributed by atoms with Gasteiger partial charge in [0.25, 0.3) is 5.91 Å². The Morgan fingerprint density at radius 3 is 2.88 bits per heavy atom. The van der Waals surface area contributed by atoms with Crippen LogP contribution >= 0.6 is 0 Å². The molecule has 5 nitrogen and oxygen atoms in total. The number of ether oxygens (including phenoxy) is 1. The second-order valence-electron chi connectivity index (χ2n) is 3.65. The van der Waals surface area contributed by atoms with Crippen molar-refractivity contribution in [1.29, 1.82) is 0 Å². The van der Waals surface area contributed by atoms with E-state index < -0.39 is 0 Å². The lowest BCUT2D eigenvalue weighted by molar-refractivity contribution is 0.0963. The Morgan fingerprint density at radius 2 is 2.24 bits per heavy atom. The third-order valence-electron chi connectivity index (χ3n) is 2.38. The number of hydrogen-bond acceptors (Lipinski definition) is 4. The fraction of sp³-hybridized carbons (Fsp3) is 0.417. The van der Waals surface area contributed by atoms with Crippen molar-refractivity contribution in [2.45, 2.75) is 6.42 Å². The predicted molar refractivity (Wildman–Crippen MR) is 69.2 cm³/mol. The number of methoxy groups -OCH3 is 1. The molecule has 0 radical (unpaired) electrons. The van der Waals surface area contributed by atoms with Crippen LogP contribution in [0.25, 0.3) is 0 Å². The first kappa shape index (κ1) is 13.3. The Labute approximate surface area is 101 Å². The van der Waals surface area contributed by atoms with Crippen molar-refractivity contribution in [3.05, 3.63) is 23.8 Å². The van der Waals surface area contributed by atoms with Gasteiger partial charge in [-0.05, 0) is 24.6 Å². The molecule has 0 spiro atoms. The molecule has 0 fully saturated rings. The van der Waals surface area contributed by atoms with E-state index in [-0.39, 0.29) is 5.91 Å². The van der Waals surface area contributed by atoms with E-state index in [1.54, 1.807) is 32.4 Å². The number of benzene rings is 1. The highest BCUT2D eigenvalue weighted by Gasteiger charge is 2.06. The summed E-state index contributed by atoms with van der Waals surface area (Å²) in [5, 5.41) is 5.76. The molecule has 5 heteroatoms. The first-order valence-corrected chi connectivity index (χ1v) is 5.53. The lowest BCUT2D eigenvalue weighted by Crippen LogP contribution is -2.18. The number of anilines is 2. The second-order valence-corrected chi connectivity index (χ2v) is 3.65. The lowest BCUT2D eigenvalue weighted by Gasteiger charge is -2.10. The van der Waals surface area contributed by atoms with Gasteiger partial charge in [-0.1, -0.05) is 0 Å². The highest BCUT2D eigenvalue weighted by Crippen LogP contribution is 2.19. The van der Waals surface area contributed by atoms with E-state index in [1.165, 1.54) is 0 Å². The number of nitrogens with one attached hydrogen (secondary N) is 2. The maximum Gasteiger partial charge on any atom is 0.251 e. The fourth-order valence-electron chi connectivity index (χ4n) is 1.43. The Bertz CT molecular complexity index is 380. The van der Waals surface area contributed by atoms with E-state index >= 15 is 0 Å². The summed E-state index contributed by atoms with van der Waals surface area (Å²) >= 11 is 0.